The lowest BCUT2D eigenvalue weighted by Crippen LogP contribution is -2.43. The molecule has 0 unspecified atom stereocenters. The summed E-state index contributed by atoms with van der Waals surface area (Å²) in [5.74, 6) is 0.0371. The number of carbonyl (C=O) groups is 1. The first-order valence-electron chi connectivity index (χ1n) is 5.97. The van der Waals surface area contributed by atoms with Gasteiger partial charge < -0.3 is 10.6 Å². The molecule has 0 aliphatic carbocycles. The number of nitrogens with one attached hydrogen (secondary N) is 2. The Morgan fingerprint density at radius 2 is 2.29 bits per heavy atom. The van der Waals surface area contributed by atoms with E-state index in [-0.39, 0.29) is 11.9 Å². The molecule has 1 fully saturated rings. The number of halogens is 1. The topological polar surface area (TPSA) is 41.1 Å². The highest BCUT2D eigenvalue weighted by molar-refractivity contribution is 6.31. The van der Waals surface area contributed by atoms with E-state index >= 15 is 0 Å². The van der Waals surface area contributed by atoms with Crippen molar-refractivity contribution in [3.05, 3.63) is 28.8 Å². The maximum atomic E-state index is 12.0. The number of carbonyl (C=O) groups excluding carboxylic acids is 1. The van der Waals surface area contributed by atoms with Crippen LogP contribution in [0.4, 0.5) is 5.69 Å². The van der Waals surface area contributed by atoms with Crippen LogP contribution in [0.2, 0.25) is 5.02 Å². The monoisotopic (exact) mass is 252 g/mol. The maximum absolute atomic E-state index is 12.0. The Labute approximate surface area is 107 Å². The molecule has 1 aromatic rings. The lowest BCUT2D eigenvalue weighted by molar-refractivity contribution is -0.118. The van der Waals surface area contributed by atoms with Crippen molar-refractivity contribution in [3.63, 3.8) is 0 Å². The van der Waals surface area contributed by atoms with Gasteiger partial charge in [0.15, 0.2) is 0 Å². The first-order chi connectivity index (χ1) is 8.16. The third kappa shape index (κ3) is 3.20. The summed E-state index contributed by atoms with van der Waals surface area (Å²) in [6, 6.07) is 5.46. The molecule has 1 saturated heterocycles. The molecule has 0 saturated carbocycles. The molecule has 0 spiro atoms. The largest absolute Gasteiger partial charge is 0.324 e. The zero-order chi connectivity index (χ0) is 12.3. The number of piperidine rings is 1. The van der Waals surface area contributed by atoms with Gasteiger partial charge in [0.2, 0.25) is 5.91 Å². The number of hydrogen-bond donors (Lipinski definition) is 2. The fourth-order valence-corrected chi connectivity index (χ4v) is 2.20. The van der Waals surface area contributed by atoms with Gasteiger partial charge in [-0.05, 0) is 44.0 Å². The average molecular weight is 253 g/mol. The van der Waals surface area contributed by atoms with Crippen LogP contribution in [0.25, 0.3) is 0 Å². The molecule has 1 amide bonds. The highest BCUT2D eigenvalue weighted by Gasteiger charge is 2.20. The minimum absolute atomic E-state index is 0.0371. The maximum Gasteiger partial charge on any atom is 0.241 e. The van der Waals surface area contributed by atoms with Gasteiger partial charge in [-0.25, -0.2) is 0 Å². The van der Waals surface area contributed by atoms with Gasteiger partial charge in [-0.15, -0.1) is 0 Å². The predicted molar refractivity (Wildman–Crippen MR) is 70.5 cm³/mol. The molecule has 1 atom stereocenters. The smallest absolute Gasteiger partial charge is 0.241 e. The summed E-state index contributed by atoms with van der Waals surface area (Å²) >= 11 is 5.92. The molecule has 1 aliphatic rings. The zero-order valence-corrected chi connectivity index (χ0v) is 10.7. The van der Waals surface area contributed by atoms with Crippen molar-refractivity contribution in [1.29, 1.82) is 0 Å². The van der Waals surface area contributed by atoms with Crippen LogP contribution in [0.15, 0.2) is 18.2 Å². The molecule has 0 radical (unpaired) electrons. The third-order valence-corrected chi connectivity index (χ3v) is 3.32. The number of anilines is 1. The Morgan fingerprint density at radius 3 is 3.00 bits per heavy atom. The molecular formula is C13H17ClN2O. The zero-order valence-electron chi connectivity index (χ0n) is 9.92. The Balaban J connectivity index is 2.04. The summed E-state index contributed by atoms with van der Waals surface area (Å²) in [4.78, 5) is 12.0. The normalized spacial score (nSPS) is 20.0. The molecule has 1 aliphatic heterocycles. The molecular weight excluding hydrogens is 236 g/mol. The standard InChI is InChI=1S/C13H17ClN2O/c1-9-5-6-10(14)8-12(9)16-13(17)11-4-2-3-7-15-11/h5-6,8,11,15H,2-4,7H2,1H3,(H,16,17)/t11-/m0/s1. The molecule has 92 valence electrons. The van der Waals surface area contributed by atoms with E-state index in [0.717, 1.165) is 37.1 Å². The van der Waals surface area contributed by atoms with Crippen molar-refractivity contribution in [3.8, 4) is 0 Å². The molecule has 0 bridgehead atoms. The van der Waals surface area contributed by atoms with E-state index in [1.165, 1.54) is 0 Å². The van der Waals surface area contributed by atoms with E-state index in [2.05, 4.69) is 10.6 Å². The fourth-order valence-electron chi connectivity index (χ4n) is 2.02. The summed E-state index contributed by atoms with van der Waals surface area (Å²) in [6.45, 7) is 2.88. The Bertz CT molecular complexity index is 414. The van der Waals surface area contributed by atoms with E-state index in [4.69, 9.17) is 11.6 Å². The number of amides is 1. The molecule has 2 rings (SSSR count). The summed E-state index contributed by atoms with van der Waals surface area (Å²) < 4.78 is 0. The second kappa shape index (κ2) is 5.52. The van der Waals surface area contributed by atoms with Gasteiger partial charge in [-0.1, -0.05) is 24.1 Å². The Morgan fingerprint density at radius 1 is 1.47 bits per heavy atom. The fraction of sp³-hybridized carbons (Fsp3) is 0.462. The molecule has 1 heterocycles. The summed E-state index contributed by atoms with van der Waals surface area (Å²) in [5, 5.41) is 6.80. The van der Waals surface area contributed by atoms with Crippen LogP contribution in [0.5, 0.6) is 0 Å². The van der Waals surface area contributed by atoms with Crippen molar-refractivity contribution in [2.45, 2.75) is 32.2 Å². The van der Waals surface area contributed by atoms with Gasteiger partial charge in [-0.2, -0.15) is 0 Å². The van der Waals surface area contributed by atoms with Crippen LogP contribution >= 0.6 is 11.6 Å². The van der Waals surface area contributed by atoms with Crippen molar-refractivity contribution < 1.29 is 4.79 Å². The Hall–Kier alpha value is -1.06. The van der Waals surface area contributed by atoms with Gasteiger partial charge in [0.05, 0.1) is 6.04 Å². The van der Waals surface area contributed by atoms with Gasteiger partial charge in [0.25, 0.3) is 0 Å². The van der Waals surface area contributed by atoms with E-state index in [9.17, 15) is 4.79 Å². The number of rotatable bonds is 2. The average Bonchev–Trinajstić information content (AvgIpc) is 2.35. The second-order valence-corrected chi connectivity index (χ2v) is 4.89. The quantitative estimate of drug-likeness (QED) is 0.850. The van der Waals surface area contributed by atoms with E-state index in [1.54, 1.807) is 6.07 Å². The molecule has 3 nitrogen and oxygen atoms in total. The Kier molecular flexibility index (Phi) is 4.02. The summed E-state index contributed by atoms with van der Waals surface area (Å²) in [7, 11) is 0. The minimum Gasteiger partial charge on any atom is -0.324 e. The minimum atomic E-state index is -0.0675. The van der Waals surface area contributed by atoms with Gasteiger partial charge in [0, 0.05) is 10.7 Å². The van der Waals surface area contributed by atoms with Crippen LogP contribution in [0.3, 0.4) is 0 Å². The highest BCUT2D eigenvalue weighted by Crippen LogP contribution is 2.21. The van der Waals surface area contributed by atoms with Crippen molar-refractivity contribution in [1.82, 2.24) is 5.32 Å². The van der Waals surface area contributed by atoms with Crippen LogP contribution in [-0.2, 0) is 4.79 Å². The molecule has 4 heteroatoms. The summed E-state index contributed by atoms with van der Waals surface area (Å²) in [6.07, 6.45) is 3.17. The number of aryl methyl sites for hydroxylation is 1. The molecule has 2 N–H and O–H groups in total. The van der Waals surface area contributed by atoms with Crippen LogP contribution in [0.1, 0.15) is 24.8 Å². The van der Waals surface area contributed by atoms with Gasteiger partial charge >= 0.3 is 0 Å². The van der Waals surface area contributed by atoms with Crippen LogP contribution in [-0.4, -0.2) is 18.5 Å². The lowest BCUT2D eigenvalue weighted by Gasteiger charge is -2.23. The lowest BCUT2D eigenvalue weighted by atomic mass is 10.0. The first kappa shape index (κ1) is 12.4. The van der Waals surface area contributed by atoms with E-state index in [0.29, 0.717) is 5.02 Å². The number of hydrogen-bond acceptors (Lipinski definition) is 2. The molecule has 0 aromatic heterocycles. The van der Waals surface area contributed by atoms with Gasteiger partial charge in [-0.3, -0.25) is 4.79 Å². The first-order valence-corrected chi connectivity index (χ1v) is 6.35. The van der Waals surface area contributed by atoms with Crippen LogP contribution in [0, 0.1) is 6.92 Å². The van der Waals surface area contributed by atoms with E-state index in [1.807, 2.05) is 19.1 Å². The molecule has 1 aromatic carbocycles. The SMILES string of the molecule is Cc1ccc(Cl)cc1NC(=O)[C@@H]1CCCCN1. The van der Waals surface area contributed by atoms with Crippen molar-refractivity contribution in [2.75, 3.05) is 11.9 Å². The highest BCUT2D eigenvalue weighted by atomic mass is 35.5. The predicted octanol–water partition coefficient (Wildman–Crippen LogP) is 2.73. The molecule has 17 heavy (non-hydrogen) atoms. The second-order valence-electron chi connectivity index (χ2n) is 4.45. The van der Waals surface area contributed by atoms with Crippen molar-refractivity contribution >= 4 is 23.2 Å². The van der Waals surface area contributed by atoms with Crippen LogP contribution < -0.4 is 10.6 Å². The van der Waals surface area contributed by atoms with Crippen molar-refractivity contribution in [2.24, 2.45) is 0 Å². The number of benzene rings is 1. The van der Waals surface area contributed by atoms with Gasteiger partial charge in [0.1, 0.15) is 0 Å². The van der Waals surface area contributed by atoms with E-state index < -0.39 is 0 Å². The third-order valence-electron chi connectivity index (χ3n) is 3.08. The summed E-state index contributed by atoms with van der Waals surface area (Å²) in [5.41, 5.74) is 1.83.